The van der Waals surface area contributed by atoms with Gasteiger partial charge in [0, 0.05) is 10.1 Å². The standard InChI is InChI=1S/C8H14O8/c1-3-5-11-7(9)13-15-16-14-8(10)12-6-4-2/h3-6H2,1-2H3. The summed E-state index contributed by atoms with van der Waals surface area (Å²) < 4.78 is 8.85. The number of carbonyl (C=O) groups is 2. The van der Waals surface area contributed by atoms with E-state index in [1.165, 1.54) is 0 Å². The third-order valence-corrected chi connectivity index (χ3v) is 1.08. The van der Waals surface area contributed by atoms with Crippen molar-refractivity contribution in [3.63, 3.8) is 0 Å². The van der Waals surface area contributed by atoms with E-state index in [-0.39, 0.29) is 13.2 Å². The van der Waals surface area contributed by atoms with Gasteiger partial charge in [-0.1, -0.05) is 13.8 Å². The van der Waals surface area contributed by atoms with Crippen molar-refractivity contribution in [3.05, 3.63) is 0 Å². The first-order chi connectivity index (χ1) is 7.70. The van der Waals surface area contributed by atoms with E-state index >= 15 is 0 Å². The van der Waals surface area contributed by atoms with Crippen LogP contribution in [0.25, 0.3) is 0 Å². The molecule has 0 saturated heterocycles. The molecule has 0 bridgehead atoms. The summed E-state index contributed by atoms with van der Waals surface area (Å²) in [6, 6.07) is 0. The van der Waals surface area contributed by atoms with Gasteiger partial charge in [0.15, 0.2) is 0 Å². The van der Waals surface area contributed by atoms with Gasteiger partial charge < -0.3 is 9.47 Å². The zero-order chi connectivity index (χ0) is 12.2. The molecule has 0 atom stereocenters. The van der Waals surface area contributed by atoms with Crippen molar-refractivity contribution in [2.75, 3.05) is 13.2 Å². The Morgan fingerprint density at radius 2 is 1.19 bits per heavy atom. The molecule has 0 aromatic rings. The van der Waals surface area contributed by atoms with Crippen LogP contribution in [0.5, 0.6) is 0 Å². The highest BCUT2D eigenvalue weighted by molar-refractivity contribution is 5.59. The lowest BCUT2D eigenvalue weighted by atomic mass is 10.5. The van der Waals surface area contributed by atoms with Crippen LogP contribution in [0.2, 0.25) is 0 Å². The molecule has 0 amide bonds. The Morgan fingerprint density at radius 1 is 0.812 bits per heavy atom. The van der Waals surface area contributed by atoms with Crippen LogP contribution in [0.4, 0.5) is 9.59 Å². The maximum absolute atomic E-state index is 10.6. The lowest BCUT2D eigenvalue weighted by molar-refractivity contribution is -0.601. The fourth-order valence-corrected chi connectivity index (χ4v) is 0.502. The van der Waals surface area contributed by atoms with Crippen molar-refractivity contribution in [1.29, 1.82) is 0 Å². The Balaban J connectivity index is 3.31. The smallest absolute Gasteiger partial charge is 0.432 e. The van der Waals surface area contributed by atoms with E-state index in [9.17, 15) is 9.59 Å². The first kappa shape index (κ1) is 14.5. The molecule has 0 spiro atoms. The fraction of sp³-hybridized carbons (Fsp3) is 0.750. The number of hydrogen-bond acceptors (Lipinski definition) is 8. The molecule has 0 radical (unpaired) electrons. The van der Waals surface area contributed by atoms with Gasteiger partial charge in [-0.05, 0) is 12.8 Å². The van der Waals surface area contributed by atoms with Gasteiger partial charge in [0.25, 0.3) is 0 Å². The van der Waals surface area contributed by atoms with E-state index in [0.717, 1.165) is 0 Å². The van der Waals surface area contributed by atoms with Gasteiger partial charge in [0.1, 0.15) is 0 Å². The second-order valence-corrected chi connectivity index (χ2v) is 2.50. The average molecular weight is 238 g/mol. The molecule has 0 aromatic carbocycles. The lowest BCUT2D eigenvalue weighted by Gasteiger charge is -2.02. The van der Waals surface area contributed by atoms with Crippen molar-refractivity contribution < 1.29 is 38.9 Å². The minimum absolute atomic E-state index is 0.182. The molecule has 0 N–H and O–H groups in total. The topological polar surface area (TPSA) is 89.5 Å². The number of hydrogen-bond donors (Lipinski definition) is 0. The summed E-state index contributed by atoms with van der Waals surface area (Å²) in [4.78, 5) is 29.0. The molecular weight excluding hydrogens is 224 g/mol. The molecule has 0 heterocycles. The predicted octanol–water partition coefficient (Wildman–Crippen LogP) is 1.89. The summed E-state index contributed by atoms with van der Waals surface area (Å²) in [6.45, 7) is 3.97. The van der Waals surface area contributed by atoms with Crippen molar-refractivity contribution in [1.82, 2.24) is 0 Å². The highest BCUT2D eigenvalue weighted by atomic mass is 17.7. The van der Waals surface area contributed by atoms with Crippen molar-refractivity contribution in [2.24, 2.45) is 0 Å². The zero-order valence-electron chi connectivity index (χ0n) is 9.09. The van der Waals surface area contributed by atoms with Crippen molar-refractivity contribution in [2.45, 2.75) is 26.7 Å². The second-order valence-electron chi connectivity index (χ2n) is 2.50. The number of rotatable bonds is 7. The van der Waals surface area contributed by atoms with E-state index in [4.69, 9.17) is 0 Å². The first-order valence-corrected chi connectivity index (χ1v) is 4.72. The molecule has 8 heteroatoms. The zero-order valence-corrected chi connectivity index (χ0v) is 9.09. The minimum atomic E-state index is -1.10. The largest absolute Gasteiger partial charge is 0.542 e. The normalized spacial score (nSPS) is 9.38. The average Bonchev–Trinajstić information content (AvgIpc) is 2.29. The number of carbonyl (C=O) groups excluding carboxylic acids is 2. The molecule has 8 nitrogen and oxygen atoms in total. The van der Waals surface area contributed by atoms with E-state index in [2.05, 4.69) is 29.3 Å². The van der Waals surface area contributed by atoms with Crippen LogP contribution in [-0.4, -0.2) is 25.5 Å². The molecule has 0 aliphatic heterocycles. The van der Waals surface area contributed by atoms with Crippen LogP contribution in [0, 0.1) is 0 Å². The van der Waals surface area contributed by atoms with Crippen LogP contribution in [-0.2, 0) is 29.3 Å². The van der Waals surface area contributed by atoms with Crippen LogP contribution in [0.15, 0.2) is 0 Å². The SMILES string of the molecule is CCCOC(=O)OOOOC(=O)OCCC. The maximum atomic E-state index is 10.6. The van der Waals surface area contributed by atoms with Gasteiger partial charge in [-0.15, -0.1) is 0 Å². The van der Waals surface area contributed by atoms with E-state index in [1.807, 2.05) is 0 Å². The Labute approximate surface area is 92.1 Å². The van der Waals surface area contributed by atoms with E-state index < -0.39 is 12.3 Å². The fourth-order valence-electron chi connectivity index (χ4n) is 0.502. The Hall–Kier alpha value is -1.54. The summed E-state index contributed by atoms with van der Waals surface area (Å²) in [5.41, 5.74) is 0. The minimum Gasteiger partial charge on any atom is -0.432 e. The Bertz CT molecular complexity index is 182. The lowest BCUT2D eigenvalue weighted by Crippen LogP contribution is -2.12. The summed E-state index contributed by atoms with van der Waals surface area (Å²) >= 11 is 0. The molecule has 0 saturated carbocycles. The molecular formula is C8H14O8. The van der Waals surface area contributed by atoms with Crippen LogP contribution < -0.4 is 0 Å². The van der Waals surface area contributed by atoms with Gasteiger partial charge in [-0.2, -0.15) is 0 Å². The summed E-state index contributed by atoms with van der Waals surface area (Å²) in [6.07, 6.45) is -0.939. The predicted molar refractivity (Wildman–Crippen MR) is 47.6 cm³/mol. The molecule has 16 heavy (non-hydrogen) atoms. The highest BCUT2D eigenvalue weighted by Crippen LogP contribution is 1.93. The second kappa shape index (κ2) is 9.99. The highest BCUT2D eigenvalue weighted by Gasteiger charge is 2.08. The molecule has 0 aliphatic rings. The van der Waals surface area contributed by atoms with Gasteiger partial charge >= 0.3 is 12.3 Å². The number of ether oxygens (including phenoxy) is 2. The van der Waals surface area contributed by atoms with Crippen molar-refractivity contribution >= 4 is 12.3 Å². The van der Waals surface area contributed by atoms with E-state index in [1.54, 1.807) is 13.8 Å². The van der Waals surface area contributed by atoms with Gasteiger partial charge in [-0.25, -0.2) is 19.4 Å². The van der Waals surface area contributed by atoms with Crippen molar-refractivity contribution in [3.8, 4) is 0 Å². The summed E-state index contributed by atoms with van der Waals surface area (Å²) in [7, 11) is 0. The Morgan fingerprint density at radius 3 is 1.50 bits per heavy atom. The van der Waals surface area contributed by atoms with Gasteiger partial charge in [0.05, 0.1) is 13.2 Å². The van der Waals surface area contributed by atoms with Gasteiger partial charge in [-0.3, -0.25) is 0 Å². The molecule has 0 unspecified atom stereocenters. The monoisotopic (exact) mass is 238 g/mol. The Kier molecular flexibility index (Phi) is 9.03. The van der Waals surface area contributed by atoms with Crippen LogP contribution in [0.1, 0.15) is 26.7 Å². The van der Waals surface area contributed by atoms with Gasteiger partial charge in [0.2, 0.25) is 0 Å². The molecule has 0 fully saturated rings. The molecule has 0 rings (SSSR count). The summed E-state index contributed by atoms with van der Waals surface area (Å²) in [5.74, 6) is 0. The summed E-state index contributed by atoms with van der Waals surface area (Å²) in [5, 5.41) is 7.49. The molecule has 0 aliphatic carbocycles. The molecule has 94 valence electrons. The van der Waals surface area contributed by atoms with E-state index in [0.29, 0.717) is 12.8 Å². The quantitative estimate of drug-likeness (QED) is 0.287. The van der Waals surface area contributed by atoms with Crippen LogP contribution >= 0.6 is 0 Å². The maximum Gasteiger partial charge on any atom is 0.542 e. The third kappa shape index (κ3) is 9.03. The third-order valence-electron chi connectivity index (χ3n) is 1.08. The first-order valence-electron chi connectivity index (χ1n) is 4.72. The molecule has 0 aromatic heterocycles. The van der Waals surface area contributed by atoms with Crippen LogP contribution in [0.3, 0.4) is 0 Å².